The van der Waals surface area contributed by atoms with E-state index in [4.69, 9.17) is 0 Å². The minimum atomic E-state index is -0.187. The Morgan fingerprint density at radius 2 is 1.71 bits per heavy atom. The quantitative estimate of drug-likeness (QED) is 0.824. The van der Waals surface area contributed by atoms with E-state index in [0.717, 1.165) is 23.1 Å². The van der Waals surface area contributed by atoms with E-state index in [1.54, 1.807) is 6.07 Å². The van der Waals surface area contributed by atoms with E-state index in [9.17, 15) is 4.39 Å². The van der Waals surface area contributed by atoms with Gasteiger partial charge in [0.25, 0.3) is 0 Å². The lowest BCUT2D eigenvalue weighted by atomic mass is 9.81. The highest BCUT2D eigenvalue weighted by Crippen LogP contribution is 2.30. The molecule has 0 atom stereocenters. The summed E-state index contributed by atoms with van der Waals surface area (Å²) in [7, 11) is 1.88. The Kier molecular flexibility index (Phi) is 4.79. The van der Waals surface area contributed by atoms with Gasteiger partial charge in [0.15, 0.2) is 0 Å². The summed E-state index contributed by atoms with van der Waals surface area (Å²) in [4.78, 5) is 0. The van der Waals surface area contributed by atoms with Crippen LogP contribution < -0.4 is 5.32 Å². The third-order valence-corrected chi connectivity index (χ3v) is 4.30. The summed E-state index contributed by atoms with van der Waals surface area (Å²) in [5, 5.41) is 3.10. The van der Waals surface area contributed by atoms with Gasteiger partial charge in [0.05, 0.1) is 0 Å². The highest BCUT2D eigenvalue weighted by atomic mass is 19.1. The molecule has 1 nitrogen and oxygen atoms in total. The monoisotopic (exact) mass is 285 g/mol. The third kappa shape index (κ3) is 3.51. The van der Waals surface area contributed by atoms with Crippen LogP contribution in [0.2, 0.25) is 0 Å². The Bertz CT molecular complexity index is 599. The SMILES string of the molecule is CCC(C)(C)c1ccc(-c2ccc(F)cc2CNC)cc1. The number of rotatable bonds is 5. The van der Waals surface area contributed by atoms with Crippen LogP contribution in [-0.2, 0) is 12.0 Å². The Labute approximate surface area is 127 Å². The Balaban J connectivity index is 2.39. The third-order valence-electron chi connectivity index (χ3n) is 4.30. The zero-order valence-corrected chi connectivity index (χ0v) is 13.3. The first-order valence-electron chi connectivity index (χ1n) is 7.52. The fourth-order valence-electron chi connectivity index (χ4n) is 2.49. The van der Waals surface area contributed by atoms with Gasteiger partial charge >= 0.3 is 0 Å². The summed E-state index contributed by atoms with van der Waals surface area (Å²) < 4.78 is 13.4. The van der Waals surface area contributed by atoms with Gasteiger partial charge in [0.1, 0.15) is 5.82 Å². The van der Waals surface area contributed by atoms with Gasteiger partial charge in [0.2, 0.25) is 0 Å². The normalized spacial score (nSPS) is 11.7. The van der Waals surface area contributed by atoms with Gasteiger partial charge < -0.3 is 5.32 Å². The molecule has 0 radical (unpaired) electrons. The Morgan fingerprint density at radius 3 is 2.29 bits per heavy atom. The van der Waals surface area contributed by atoms with Gasteiger partial charge in [0, 0.05) is 6.54 Å². The Hall–Kier alpha value is -1.67. The van der Waals surface area contributed by atoms with Crippen molar-refractivity contribution in [2.24, 2.45) is 0 Å². The number of benzene rings is 2. The second kappa shape index (κ2) is 6.40. The lowest BCUT2D eigenvalue weighted by Crippen LogP contribution is -2.15. The molecule has 2 aromatic carbocycles. The minimum Gasteiger partial charge on any atom is -0.316 e. The summed E-state index contributed by atoms with van der Waals surface area (Å²) in [5.74, 6) is -0.187. The summed E-state index contributed by atoms with van der Waals surface area (Å²) in [6, 6.07) is 13.6. The largest absolute Gasteiger partial charge is 0.316 e. The molecule has 2 rings (SSSR count). The first kappa shape index (κ1) is 15.7. The van der Waals surface area contributed by atoms with Crippen LogP contribution in [0.1, 0.15) is 38.3 Å². The van der Waals surface area contributed by atoms with Crippen LogP contribution in [0, 0.1) is 5.82 Å². The first-order valence-corrected chi connectivity index (χ1v) is 7.52. The smallest absolute Gasteiger partial charge is 0.123 e. The summed E-state index contributed by atoms with van der Waals surface area (Å²) in [6.45, 7) is 7.38. The fourth-order valence-corrected chi connectivity index (χ4v) is 2.49. The Morgan fingerprint density at radius 1 is 1.05 bits per heavy atom. The van der Waals surface area contributed by atoms with Crippen molar-refractivity contribution in [1.29, 1.82) is 0 Å². The molecule has 0 aromatic heterocycles. The van der Waals surface area contributed by atoms with Crippen molar-refractivity contribution < 1.29 is 4.39 Å². The fraction of sp³-hybridized carbons (Fsp3) is 0.368. The second-order valence-electron chi connectivity index (χ2n) is 6.15. The predicted molar refractivity (Wildman–Crippen MR) is 87.9 cm³/mol. The summed E-state index contributed by atoms with van der Waals surface area (Å²) >= 11 is 0. The lowest BCUT2D eigenvalue weighted by molar-refractivity contribution is 0.506. The van der Waals surface area contributed by atoms with Gasteiger partial charge in [-0.05, 0) is 53.3 Å². The molecule has 0 heterocycles. The molecule has 21 heavy (non-hydrogen) atoms. The molecule has 0 unspecified atom stereocenters. The molecule has 0 aliphatic heterocycles. The van der Waals surface area contributed by atoms with E-state index in [1.165, 1.54) is 11.6 Å². The maximum atomic E-state index is 13.4. The van der Waals surface area contributed by atoms with Crippen molar-refractivity contribution in [3.63, 3.8) is 0 Å². The van der Waals surface area contributed by atoms with Crippen LogP contribution in [0.5, 0.6) is 0 Å². The molecule has 0 aliphatic carbocycles. The number of nitrogens with one attached hydrogen (secondary N) is 1. The molecule has 0 saturated carbocycles. The molecule has 0 spiro atoms. The van der Waals surface area contributed by atoms with Crippen LogP contribution in [0.15, 0.2) is 42.5 Å². The highest BCUT2D eigenvalue weighted by molar-refractivity contribution is 5.67. The average Bonchev–Trinajstić information content (AvgIpc) is 2.48. The van der Waals surface area contributed by atoms with Crippen molar-refractivity contribution in [3.8, 4) is 11.1 Å². The molecule has 112 valence electrons. The standard InChI is InChI=1S/C19H24FN/c1-5-19(2,3)16-8-6-14(7-9-16)18-11-10-17(20)12-15(18)13-21-4/h6-12,21H,5,13H2,1-4H3. The maximum Gasteiger partial charge on any atom is 0.123 e. The molecule has 2 aromatic rings. The van der Waals surface area contributed by atoms with Crippen molar-refractivity contribution in [1.82, 2.24) is 5.32 Å². The van der Waals surface area contributed by atoms with E-state index in [-0.39, 0.29) is 11.2 Å². The van der Waals surface area contributed by atoms with E-state index in [2.05, 4.69) is 50.4 Å². The van der Waals surface area contributed by atoms with Gasteiger partial charge in [-0.25, -0.2) is 4.39 Å². The number of halogens is 1. The summed E-state index contributed by atoms with van der Waals surface area (Å²) in [5.41, 5.74) is 4.74. The number of hydrogen-bond donors (Lipinski definition) is 1. The van der Waals surface area contributed by atoms with Gasteiger partial charge in [-0.1, -0.05) is 51.1 Å². The molecule has 0 fully saturated rings. The van der Waals surface area contributed by atoms with Crippen LogP contribution in [0.25, 0.3) is 11.1 Å². The first-order chi connectivity index (χ1) is 9.97. The average molecular weight is 285 g/mol. The van der Waals surface area contributed by atoms with Gasteiger partial charge in [-0.15, -0.1) is 0 Å². The topological polar surface area (TPSA) is 12.0 Å². The van der Waals surface area contributed by atoms with Crippen molar-refractivity contribution in [2.75, 3.05) is 7.05 Å². The van der Waals surface area contributed by atoms with Gasteiger partial charge in [-0.3, -0.25) is 0 Å². The number of hydrogen-bond acceptors (Lipinski definition) is 1. The molecule has 1 N–H and O–H groups in total. The van der Waals surface area contributed by atoms with Crippen molar-refractivity contribution >= 4 is 0 Å². The van der Waals surface area contributed by atoms with E-state index in [1.807, 2.05) is 13.1 Å². The van der Waals surface area contributed by atoms with Crippen LogP contribution in [0.4, 0.5) is 4.39 Å². The molecule has 0 amide bonds. The molecule has 0 aliphatic rings. The van der Waals surface area contributed by atoms with E-state index in [0.29, 0.717) is 6.54 Å². The molecule has 0 bridgehead atoms. The maximum absolute atomic E-state index is 13.4. The van der Waals surface area contributed by atoms with Crippen LogP contribution in [0.3, 0.4) is 0 Å². The van der Waals surface area contributed by atoms with Crippen LogP contribution >= 0.6 is 0 Å². The van der Waals surface area contributed by atoms with E-state index < -0.39 is 0 Å². The molecular weight excluding hydrogens is 261 g/mol. The summed E-state index contributed by atoms with van der Waals surface area (Å²) in [6.07, 6.45) is 1.11. The van der Waals surface area contributed by atoms with Crippen molar-refractivity contribution in [2.45, 2.75) is 39.2 Å². The van der Waals surface area contributed by atoms with Gasteiger partial charge in [-0.2, -0.15) is 0 Å². The van der Waals surface area contributed by atoms with Crippen LogP contribution in [-0.4, -0.2) is 7.05 Å². The molecule has 0 saturated heterocycles. The zero-order chi connectivity index (χ0) is 15.5. The van der Waals surface area contributed by atoms with E-state index >= 15 is 0 Å². The predicted octanol–water partition coefficient (Wildman–Crippen LogP) is 4.90. The van der Waals surface area contributed by atoms with Crippen molar-refractivity contribution in [3.05, 3.63) is 59.4 Å². The molecular formula is C19H24FN. The minimum absolute atomic E-state index is 0.187. The second-order valence-corrected chi connectivity index (χ2v) is 6.15. The zero-order valence-electron chi connectivity index (χ0n) is 13.3. The molecule has 2 heteroatoms. The lowest BCUT2D eigenvalue weighted by Gasteiger charge is -2.23. The highest BCUT2D eigenvalue weighted by Gasteiger charge is 2.17.